The zero-order valence-electron chi connectivity index (χ0n) is 35.5. The number of carbonyl (C=O) groups excluding carboxylic acids is 4. The molecule has 8 aromatic carbocycles. The molecule has 0 aliphatic rings. The lowest BCUT2D eigenvalue weighted by Gasteiger charge is -2.33. The molecule has 8 rings (SSSR count). The van der Waals surface area contributed by atoms with Crippen LogP contribution in [0.2, 0.25) is 0 Å². The maximum Gasteiger partial charge on any atom is 0.193 e. The summed E-state index contributed by atoms with van der Waals surface area (Å²) in [5.41, 5.74) is 4.29. The Hall–Kier alpha value is -8.36. The molecule has 0 spiro atoms. The number of ketones is 4. The molecule has 0 radical (unpaired) electrons. The van der Waals surface area contributed by atoms with Crippen LogP contribution >= 0.6 is 0 Å². The smallest absolute Gasteiger partial charge is 0.193 e. The van der Waals surface area contributed by atoms with Crippen LogP contribution in [-0.4, -0.2) is 48.1 Å². The maximum absolute atomic E-state index is 13.3. The van der Waals surface area contributed by atoms with E-state index in [1.807, 2.05) is 79.7 Å². The Balaban J connectivity index is 1.09. The summed E-state index contributed by atoms with van der Waals surface area (Å²) in [6.07, 6.45) is -2.41. The van der Waals surface area contributed by atoms with Crippen molar-refractivity contribution in [2.75, 3.05) is 6.61 Å². The summed E-state index contributed by atoms with van der Waals surface area (Å²) < 4.78 is 26.4. The molecule has 8 nitrogen and oxygen atoms in total. The fourth-order valence-corrected chi connectivity index (χ4v) is 7.24. The highest BCUT2D eigenvalue weighted by atomic mass is 16.6. The van der Waals surface area contributed by atoms with Crippen LogP contribution in [0.5, 0.6) is 23.0 Å². The Kier molecular flexibility index (Phi) is 13.8. The average molecular weight is 857 g/mol. The fourth-order valence-electron chi connectivity index (χ4n) is 7.24. The first-order valence-corrected chi connectivity index (χ1v) is 21.2. The number of rotatable bonds is 19. The predicted molar refractivity (Wildman–Crippen MR) is 250 cm³/mol. The Morgan fingerprint density at radius 1 is 0.323 bits per heavy atom. The van der Waals surface area contributed by atoms with E-state index in [9.17, 15) is 19.2 Å². The van der Waals surface area contributed by atoms with Crippen molar-refractivity contribution in [3.05, 3.63) is 263 Å². The number of ether oxygens (including phenoxy) is 4. The highest BCUT2D eigenvalue weighted by molar-refractivity contribution is 6.10. The van der Waals surface area contributed by atoms with Gasteiger partial charge >= 0.3 is 0 Å². The molecular formula is C57H44O8. The van der Waals surface area contributed by atoms with Crippen LogP contribution in [0, 0.1) is 0 Å². The fraction of sp³-hybridized carbons (Fsp3) is 0.0877. The summed E-state index contributed by atoms with van der Waals surface area (Å²) in [5.74, 6) is 1.39. The second-order valence-electron chi connectivity index (χ2n) is 15.3. The monoisotopic (exact) mass is 856 g/mol. The van der Waals surface area contributed by atoms with Gasteiger partial charge in [-0.05, 0) is 104 Å². The molecule has 3 unspecified atom stereocenters. The van der Waals surface area contributed by atoms with Crippen molar-refractivity contribution in [3.63, 3.8) is 0 Å². The molecule has 3 atom stereocenters. The van der Waals surface area contributed by atoms with Crippen LogP contribution in [0.1, 0.15) is 70.6 Å². The van der Waals surface area contributed by atoms with Gasteiger partial charge in [0.1, 0.15) is 35.7 Å². The zero-order valence-corrected chi connectivity index (χ0v) is 35.5. The molecule has 65 heavy (non-hydrogen) atoms. The lowest BCUT2D eigenvalue weighted by atomic mass is 10.0. The number of hydrogen-bond donors (Lipinski definition) is 0. The van der Waals surface area contributed by atoms with Crippen LogP contribution in [0.15, 0.2) is 218 Å². The van der Waals surface area contributed by atoms with Crippen molar-refractivity contribution in [1.29, 1.82) is 0 Å². The Bertz CT molecular complexity index is 2830. The quantitative estimate of drug-likeness (QED) is 0.0741. The van der Waals surface area contributed by atoms with Crippen LogP contribution in [0.25, 0.3) is 0 Å². The molecule has 0 N–H and O–H groups in total. The van der Waals surface area contributed by atoms with Crippen molar-refractivity contribution in [2.24, 2.45) is 0 Å². The molecule has 0 amide bonds. The molecule has 0 saturated heterocycles. The molecular weight excluding hydrogens is 813 g/mol. The molecule has 8 aromatic rings. The summed E-state index contributed by atoms with van der Waals surface area (Å²) in [6, 6.07) is 63.7. The van der Waals surface area contributed by atoms with Gasteiger partial charge in [-0.15, -0.1) is 0 Å². The van der Waals surface area contributed by atoms with Gasteiger partial charge in [0.15, 0.2) is 35.3 Å². The first-order chi connectivity index (χ1) is 31.8. The van der Waals surface area contributed by atoms with E-state index in [1.165, 1.54) is 0 Å². The zero-order chi connectivity index (χ0) is 45.0. The molecule has 0 heterocycles. The van der Waals surface area contributed by atoms with E-state index in [0.717, 1.165) is 0 Å². The Morgan fingerprint density at radius 3 is 0.908 bits per heavy atom. The van der Waals surface area contributed by atoms with Gasteiger partial charge in [0.05, 0.1) is 0 Å². The van der Waals surface area contributed by atoms with Gasteiger partial charge in [0, 0.05) is 44.5 Å². The van der Waals surface area contributed by atoms with Crippen LogP contribution in [0.4, 0.5) is 0 Å². The van der Waals surface area contributed by atoms with Crippen LogP contribution < -0.4 is 18.9 Å². The molecule has 0 fully saturated rings. The first-order valence-electron chi connectivity index (χ1n) is 21.2. The molecule has 0 aliphatic carbocycles. The lowest BCUT2D eigenvalue weighted by Crippen LogP contribution is -2.49. The highest BCUT2D eigenvalue weighted by Crippen LogP contribution is 2.27. The highest BCUT2D eigenvalue weighted by Gasteiger charge is 2.34. The van der Waals surface area contributed by atoms with Gasteiger partial charge < -0.3 is 18.9 Å². The topological polar surface area (TPSA) is 105 Å². The van der Waals surface area contributed by atoms with Gasteiger partial charge in [-0.25, -0.2) is 0 Å². The third-order valence-electron chi connectivity index (χ3n) is 10.7. The van der Waals surface area contributed by atoms with Gasteiger partial charge in [0.2, 0.25) is 0 Å². The van der Waals surface area contributed by atoms with Crippen LogP contribution in [-0.2, 0) is 0 Å². The van der Waals surface area contributed by atoms with Gasteiger partial charge in [-0.1, -0.05) is 121 Å². The van der Waals surface area contributed by atoms with Gasteiger partial charge in [0.25, 0.3) is 0 Å². The number of benzene rings is 8. The van der Waals surface area contributed by atoms with Crippen molar-refractivity contribution in [1.82, 2.24) is 0 Å². The number of hydrogen-bond acceptors (Lipinski definition) is 8. The summed E-state index contributed by atoms with van der Waals surface area (Å²) in [5, 5.41) is 0. The largest absolute Gasteiger partial charge is 0.490 e. The predicted octanol–water partition coefficient (Wildman–Crippen LogP) is 11.4. The third-order valence-corrected chi connectivity index (χ3v) is 10.7. The van der Waals surface area contributed by atoms with E-state index in [0.29, 0.717) is 67.5 Å². The number of carbonyl (C=O) groups is 4. The minimum Gasteiger partial charge on any atom is -0.490 e. The van der Waals surface area contributed by atoms with E-state index in [4.69, 9.17) is 18.9 Å². The molecule has 0 saturated carbocycles. The van der Waals surface area contributed by atoms with Crippen molar-refractivity contribution >= 4 is 23.1 Å². The molecule has 8 heteroatoms. The summed E-state index contributed by atoms with van der Waals surface area (Å²) >= 11 is 0. The van der Waals surface area contributed by atoms with Crippen molar-refractivity contribution in [3.8, 4) is 23.0 Å². The Morgan fingerprint density at radius 2 is 0.585 bits per heavy atom. The first kappa shape index (κ1) is 43.3. The van der Waals surface area contributed by atoms with E-state index < -0.39 is 18.3 Å². The average Bonchev–Trinajstić information content (AvgIpc) is 3.38. The molecule has 320 valence electrons. The molecule has 0 bridgehead atoms. The van der Waals surface area contributed by atoms with Crippen molar-refractivity contribution < 1.29 is 38.1 Å². The minimum absolute atomic E-state index is 0.0376. The Labute approximate surface area is 377 Å². The second-order valence-corrected chi connectivity index (χ2v) is 15.3. The van der Waals surface area contributed by atoms with E-state index in [1.54, 1.807) is 146 Å². The SMILES string of the molecule is CC(Oc1ccc(C(=O)c2ccccc2)cc1)C(Oc1ccc(C(=O)c2ccccc2)cc1)C(COc1ccc(C(=O)c2ccccc2)cc1)Oc1ccc(C(=O)c2ccccc2)cc1. The summed E-state index contributed by atoms with van der Waals surface area (Å²) in [7, 11) is 0. The van der Waals surface area contributed by atoms with Crippen LogP contribution in [0.3, 0.4) is 0 Å². The standard InChI is InChI=1S/C57H44O8/c1-39(63-49-32-24-45(25-33-49)54(59)41-16-8-3-9-17-41)57(65-51-36-28-47(29-37-51)56(61)43-20-12-5-13-21-43)52(64-50-34-26-46(27-35-50)55(60)42-18-10-4-11-19-42)38-62-48-30-22-44(23-31-48)53(58)40-14-6-2-7-15-40/h2-37,39,52,57H,38H2,1H3. The van der Waals surface area contributed by atoms with E-state index in [-0.39, 0.29) is 29.7 Å². The van der Waals surface area contributed by atoms with Gasteiger partial charge in [-0.2, -0.15) is 0 Å². The minimum atomic E-state index is -0.860. The van der Waals surface area contributed by atoms with E-state index >= 15 is 0 Å². The van der Waals surface area contributed by atoms with Crippen molar-refractivity contribution in [2.45, 2.75) is 25.2 Å². The third kappa shape index (κ3) is 11.0. The van der Waals surface area contributed by atoms with Gasteiger partial charge in [-0.3, -0.25) is 19.2 Å². The summed E-state index contributed by atoms with van der Waals surface area (Å²) in [4.78, 5) is 52.9. The lowest BCUT2D eigenvalue weighted by molar-refractivity contribution is -0.0321. The second kappa shape index (κ2) is 20.7. The maximum atomic E-state index is 13.3. The normalized spacial score (nSPS) is 12.2. The molecule has 0 aliphatic heterocycles. The molecule has 0 aromatic heterocycles. The van der Waals surface area contributed by atoms with E-state index in [2.05, 4.69) is 0 Å². The summed E-state index contributed by atoms with van der Waals surface area (Å²) in [6.45, 7) is 1.81.